The summed E-state index contributed by atoms with van der Waals surface area (Å²) in [6.45, 7) is 0. The molecule has 4 saturated heterocycles. The Morgan fingerprint density at radius 1 is 0.460 bits per heavy atom. The van der Waals surface area contributed by atoms with Crippen LogP contribution in [0.2, 0.25) is 20.1 Å². The molecule has 14 heteroatoms. The largest absolute Gasteiger partial charge is 0.497 e. The first-order valence-electron chi connectivity index (χ1n) is 15.6. The molecule has 8 rings (SSSR count). The average Bonchev–Trinajstić information content (AvgIpc) is 3.77. The van der Waals surface area contributed by atoms with Gasteiger partial charge in [-0.25, -0.2) is 19.8 Å². The zero-order valence-electron chi connectivity index (χ0n) is 26.3. The lowest BCUT2D eigenvalue weighted by molar-refractivity contribution is -0.136. The zero-order valence-corrected chi connectivity index (χ0v) is 29.3. The molecule has 0 aromatic heterocycles. The third-order valence-electron chi connectivity index (χ3n) is 9.96. The molecule has 4 aliphatic heterocycles. The molecular weight excluding hydrogens is 726 g/mol. The van der Waals surface area contributed by atoms with E-state index in [1.54, 1.807) is 94.9 Å². The molecule has 6 unspecified atom stereocenters. The van der Waals surface area contributed by atoms with Gasteiger partial charge in [0.05, 0.1) is 69.6 Å². The van der Waals surface area contributed by atoms with E-state index in [2.05, 4.69) is 0 Å². The molecule has 4 amide bonds. The zero-order chi connectivity index (χ0) is 35.2. The summed E-state index contributed by atoms with van der Waals surface area (Å²) < 4.78 is 10.8. The Labute approximate surface area is 306 Å². The predicted molar refractivity (Wildman–Crippen MR) is 188 cm³/mol. The number of hydrogen-bond donors (Lipinski definition) is 0. The van der Waals surface area contributed by atoms with E-state index < -0.39 is 59.6 Å². The molecule has 4 aromatic carbocycles. The first-order chi connectivity index (χ1) is 24.1. The van der Waals surface area contributed by atoms with Crippen molar-refractivity contribution in [2.24, 2.45) is 11.8 Å². The van der Waals surface area contributed by atoms with Crippen LogP contribution in [-0.2, 0) is 19.2 Å². The number of amides is 4. The van der Waals surface area contributed by atoms with Crippen molar-refractivity contribution in [2.45, 2.75) is 24.2 Å². The molecule has 50 heavy (non-hydrogen) atoms. The van der Waals surface area contributed by atoms with E-state index in [0.29, 0.717) is 22.6 Å². The van der Waals surface area contributed by atoms with Crippen LogP contribution in [0.3, 0.4) is 0 Å². The summed E-state index contributed by atoms with van der Waals surface area (Å²) in [5.41, 5.74) is 1.40. The summed E-state index contributed by atoms with van der Waals surface area (Å²) in [6, 6.07) is 19.5. The van der Waals surface area contributed by atoms with E-state index >= 15 is 0 Å². The van der Waals surface area contributed by atoms with E-state index in [-0.39, 0.29) is 31.5 Å². The molecule has 0 saturated carbocycles. The third-order valence-corrected chi connectivity index (χ3v) is 11.2. The number of methoxy groups -OCH3 is 2. The molecule has 0 radical (unpaired) electrons. The normalized spacial score (nSPS) is 26.1. The van der Waals surface area contributed by atoms with Crippen molar-refractivity contribution in [3.8, 4) is 11.5 Å². The Bertz CT molecular complexity index is 1910. The highest BCUT2D eigenvalue weighted by atomic mass is 35.5. The maximum atomic E-state index is 14.7. The molecule has 6 atom stereocenters. The van der Waals surface area contributed by atoms with Crippen LogP contribution >= 0.6 is 46.4 Å². The molecule has 0 bridgehead atoms. The van der Waals surface area contributed by atoms with Crippen molar-refractivity contribution < 1.29 is 28.7 Å². The van der Waals surface area contributed by atoms with Crippen molar-refractivity contribution in [3.05, 3.63) is 116 Å². The molecule has 0 aliphatic carbocycles. The number of nitrogens with zero attached hydrogens (tertiary/aromatic N) is 4. The van der Waals surface area contributed by atoms with Gasteiger partial charge >= 0.3 is 0 Å². The molecule has 10 nitrogen and oxygen atoms in total. The standard InChI is InChI=1S/C36H26Cl4N4O6/c1-49-19-13-9-17(10-14-19)27-25-31(35(47)41(33(25)45)29-21(37)5-3-6-22(29)38)44-28(18-11-15-20(50-2)16-12-18)26-32(43(27)44)36(48)42(34(26)46)30-23(39)7-4-8-24(30)40/h3-16,25-28,31-32H,1-2H3. The summed E-state index contributed by atoms with van der Waals surface area (Å²) >= 11 is 26.3. The molecule has 4 aliphatic rings. The number of hydrazine groups is 1. The van der Waals surface area contributed by atoms with Crippen molar-refractivity contribution in [1.82, 2.24) is 10.0 Å². The second kappa shape index (κ2) is 12.3. The number of imide groups is 2. The van der Waals surface area contributed by atoms with Crippen molar-refractivity contribution >= 4 is 81.4 Å². The Morgan fingerprint density at radius 2 is 0.780 bits per heavy atom. The highest BCUT2D eigenvalue weighted by Gasteiger charge is 2.74. The molecule has 4 aromatic rings. The molecule has 4 heterocycles. The lowest BCUT2D eigenvalue weighted by Gasteiger charge is -2.36. The highest BCUT2D eigenvalue weighted by molar-refractivity contribution is 6.43. The summed E-state index contributed by atoms with van der Waals surface area (Å²) in [5.74, 6) is -3.16. The smallest absolute Gasteiger partial charge is 0.253 e. The van der Waals surface area contributed by atoms with Gasteiger partial charge in [-0.05, 0) is 59.7 Å². The molecular formula is C36H26Cl4N4O6. The molecule has 254 valence electrons. The number of carbonyl (C=O) groups excluding carboxylic acids is 4. The third kappa shape index (κ3) is 4.63. The molecule has 0 spiro atoms. The summed E-state index contributed by atoms with van der Waals surface area (Å²) in [7, 11) is 3.07. The summed E-state index contributed by atoms with van der Waals surface area (Å²) in [5, 5.41) is 3.98. The fourth-order valence-corrected chi connectivity index (χ4v) is 9.08. The van der Waals surface area contributed by atoms with Gasteiger partial charge in [-0.15, -0.1) is 0 Å². The number of carbonyl (C=O) groups is 4. The minimum absolute atomic E-state index is 0.0762. The Balaban J connectivity index is 1.35. The molecule has 4 fully saturated rings. The van der Waals surface area contributed by atoms with Gasteiger partial charge in [0, 0.05) is 0 Å². The van der Waals surface area contributed by atoms with Gasteiger partial charge < -0.3 is 9.47 Å². The van der Waals surface area contributed by atoms with Crippen molar-refractivity contribution in [1.29, 1.82) is 0 Å². The number of ether oxygens (including phenoxy) is 2. The van der Waals surface area contributed by atoms with Gasteiger partial charge in [-0.3, -0.25) is 19.2 Å². The predicted octanol–water partition coefficient (Wildman–Crippen LogP) is 6.76. The van der Waals surface area contributed by atoms with Crippen LogP contribution in [0.25, 0.3) is 0 Å². The fraction of sp³-hybridized carbons (Fsp3) is 0.222. The van der Waals surface area contributed by atoms with E-state index in [4.69, 9.17) is 55.9 Å². The van der Waals surface area contributed by atoms with Crippen LogP contribution < -0.4 is 19.3 Å². The van der Waals surface area contributed by atoms with Crippen LogP contribution in [0.5, 0.6) is 11.5 Å². The topological polar surface area (TPSA) is 99.7 Å². The number of hydrogen-bond acceptors (Lipinski definition) is 8. The number of benzene rings is 4. The summed E-state index contributed by atoms with van der Waals surface area (Å²) in [4.78, 5) is 60.9. The van der Waals surface area contributed by atoms with Gasteiger partial charge in [0.1, 0.15) is 23.6 Å². The fourth-order valence-electron chi connectivity index (χ4n) is 7.95. The molecule has 0 N–H and O–H groups in total. The van der Waals surface area contributed by atoms with Gasteiger partial charge in [0.2, 0.25) is 11.8 Å². The van der Waals surface area contributed by atoms with Gasteiger partial charge in [0.25, 0.3) is 11.8 Å². The monoisotopic (exact) mass is 750 g/mol. The number of anilines is 2. The SMILES string of the molecule is COc1ccc(C2C3C(=O)N(c4c(Cl)cccc4Cl)C(=O)C3N3C(c4ccc(OC)cc4)C4C(=O)N(c5c(Cl)cccc5Cl)C(=O)C4N23)cc1. The van der Waals surface area contributed by atoms with Crippen molar-refractivity contribution in [2.75, 3.05) is 24.0 Å². The van der Waals surface area contributed by atoms with Crippen LogP contribution in [-0.4, -0.2) is 59.9 Å². The van der Waals surface area contributed by atoms with Crippen LogP contribution in [0, 0.1) is 11.8 Å². The minimum Gasteiger partial charge on any atom is -0.497 e. The average molecular weight is 752 g/mol. The lowest BCUT2D eigenvalue weighted by Crippen LogP contribution is -2.50. The Kier molecular flexibility index (Phi) is 8.09. The number of halogens is 4. The number of fused-ring (bicyclic) bond motifs is 5. The van der Waals surface area contributed by atoms with E-state index in [1.807, 2.05) is 0 Å². The van der Waals surface area contributed by atoms with E-state index in [0.717, 1.165) is 9.80 Å². The number of rotatable bonds is 6. The number of para-hydroxylation sites is 2. The van der Waals surface area contributed by atoms with Crippen molar-refractivity contribution in [3.63, 3.8) is 0 Å². The highest BCUT2D eigenvalue weighted by Crippen LogP contribution is 2.60. The van der Waals surface area contributed by atoms with Gasteiger partial charge in [-0.1, -0.05) is 82.8 Å². The minimum atomic E-state index is -1.13. The van der Waals surface area contributed by atoms with Crippen LogP contribution in [0.1, 0.15) is 23.2 Å². The van der Waals surface area contributed by atoms with Gasteiger partial charge in [0.15, 0.2) is 0 Å². The first-order valence-corrected chi connectivity index (χ1v) is 17.1. The Hall–Kier alpha value is -4.16. The second-order valence-electron chi connectivity index (χ2n) is 12.3. The van der Waals surface area contributed by atoms with Crippen LogP contribution in [0.4, 0.5) is 11.4 Å². The maximum absolute atomic E-state index is 14.7. The van der Waals surface area contributed by atoms with E-state index in [1.165, 1.54) is 14.2 Å². The second-order valence-corrected chi connectivity index (χ2v) is 13.9. The van der Waals surface area contributed by atoms with Crippen LogP contribution in [0.15, 0.2) is 84.9 Å². The quantitative estimate of drug-likeness (QED) is 0.199. The van der Waals surface area contributed by atoms with Gasteiger partial charge in [-0.2, -0.15) is 0 Å². The van der Waals surface area contributed by atoms with E-state index in [9.17, 15) is 19.2 Å². The lowest BCUT2D eigenvalue weighted by atomic mass is 9.84. The maximum Gasteiger partial charge on any atom is 0.253 e. The summed E-state index contributed by atoms with van der Waals surface area (Å²) in [6.07, 6.45) is 0. The first kappa shape index (κ1) is 33.0. The Morgan fingerprint density at radius 3 is 1.08 bits per heavy atom.